The topological polar surface area (TPSA) is 58.1 Å². The highest BCUT2D eigenvalue weighted by molar-refractivity contribution is 5.94. The molecule has 2 aliphatic rings. The standard InChI is InChI=1S/C22H21FN4O/c23-19-3-1-2-18-20(19)24-13-25-21(18)27(17-10-11-17)12-14-4-6-15(7-5-14)22(28)26-16-8-9-16/h1-7,13,16-17H,8-12H2,(H,26,28). The largest absolute Gasteiger partial charge is 0.349 e. The zero-order chi connectivity index (χ0) is 19.1. The highest BCUT2D eigenvalue weighted by atomic mass is 19.1. The molecule has 2 fully saturated rings. The van der Waals surface area contributed by atoms with Crippen LogP contribution in [0.4, 0.5) is 10.2 Å². The number of nitrogens with zero attached hydrogens (tertiary/aromatic N) is 3. The van der Waals surface area contributed by atoms with Crippen molar-refractivity contribution >= 4 is 22.6 Å². The SMILES string of the molecule is O=C(NC1CC1)c1ccc(CN(c2ncnc3c(F)cccc23)C2CC2)cc1. The van der Waals surface area contributed by atoms with Crippen LogP contribution in [0.1, 0.15) is 41.6 Å². The highest BCUT2D eigenvalue weighted by Gasteiger charge is 2.31. The molecular formula is C22H21FN4O. The first-order valence-corrected chi connectivity index (χ1v) is 9.75. The number of hydrogen-bond acceptors (Lipinski definition) is 4. The Kier molecular flexibility index (Phi) is 4.19. The monoisotopic (exact) mass is 376 g/mol. The molecule has 2 aromatic carbocycles. The first kappa shape index (κ1) is 17.1. The Hall–Kier alpha value is -3.02. The average Bonchev–Trinajstić information content (AvgIpc) is 3.61. The summed E-state index contributed by atoms with van der Waals surface area (Å²) in [6, 6.07) is 13.5. The molecule has 1 heterocycles. The molecule has 0 radical (unpaired) electrons. The third-order valence-electron chi connectivity index (χ3n) is 5.34. The van der Waals surface area contributed by atoms with Crippen molar-refractivity contribution < 1.29 is 9.18 Å². The molecule has 6 heteroatoms. The molecule has 5 nitrogen and oxygen atoms in total. The van der Waals surface area contributed by atoms with Crippen LogP contribution in [0.2, 0.25) is 0 Å². The van der Waals surface area contributed by atoms with Crippen molar-refractivity contribution in [2.45, 2.75) is 44.3 Å². The van der Waals surface area contributed by atoms with E-state index in [1.807, 2.05) is 30.3 Å². The van der Waals surface area contributed by atoms with E-state index < -0.39 is 0 Å². The first-order chi connectivity index (χ1) is 13.7. The number of amides is 1. The summed E-state index contributed by atoms with van der Waals surface area (Å²) in [6.07, 6.45) is 5.79. The maximum atomic E-state index is 14.1. The van der Waals surface area contributed by atoms with Crippen LogP contribution >= 0.6 is 0 Å². The lowest BCUT2D eigenvalue weighted by Crippen LogP contribution is -2.27. The van der Waals surface area contributed by atoms with Gasteiger partial charge in [-0.3, -0.25) is 4.79 Å². The number of hydrogen-bond donors (Lipinski definition) is 1. The molecule has 1 amide bonds. The number of fused-ring (bicyclic) bond motifs is 1. The number of aromatic nitrogens is 2. The van der Waals surface area contributed by atoms with Gasteiger partial charge in [0.1, 0.15) is 23.5 Å². The van der Waals surface area contributed by atoms with Crippen LogP contribution in [0.5, 0.6) is 0 Å². The number of carbonyl (C=O) groups is 1. The lowest BCUT2D eigenvalue weighted by Gasteiger charge is -2.25. The summed E-state index contributed by atoms with van der Waals surface area (Å²) in [6.45, 7) is 0.665. The fourth-order valence-corrected chi connectivity index (χ4v) is 3.48. The Morgan fingerprint density at radius 1 is 1.07 bits per heavy atom. The number of para-hydroxylation sites is 1. The number of nitrogens with one attached hydrogen (secondary N) is 1. The summed E-state index contributed by atoms with van der Waals surface area (Å²) in [5, 5.41) is 3.74. The molecule has 0 bridgehead atoms. The molecule has 0 unspecified atom stereocenters. The fraction of sp³-hybridized carbons (Fsp3) is 0.318. The van der Waals surface area contributed by atoms with Gasteiger partial charge in [0.15, 0.2) is 0 Å². The Morgan fingerprint density at radius 3 is 2.57 bits per heavy atom. The van der Waals surface area contributed by atoms with Crippen LogP contribution in [-0.4, -0.2) is 28.0 Å². The minimum Gasteiger partial charge on any atom is -0.349 e. The highest BCUT2D eigenvalue weighted by Crippen LogP contribution is 2.35. The summed E-state index contributed by atoms with van der Waals surface area (Å²) in [5.74, 6) is 0.427. The predicted molar refractivity (Wildman–Crippen MR) is 106 cm³/mol. The van der Waals surface area contributed by atoms with Gasteiger partial charge in [-0.25, -0.2) is 14.4 Å². The van der Waals surface area contributed by atoms with E-state index in [1.165, 1.54) is 12.4 Å². The number of anilines is 1. The fourth-order valence-electron chi connectivity index (χ4n) is 3.48. The van der Waals surface area contributed by atoms with Gasteiger partial charge in [0.05, 0.1) is 0 Å². The molecule has 1 aromatic heterocycles. The van der Waals surface area contributed by atoms with Crippen molar-refractivity contribution in [1.82, 2.24) is 15.3 Å². The van der Waals surface area contributed by atoms with Gasteiger partial charge in [0.25, 0.3) is 5.91 Å². The van der Waals surface area contributed by atoms with E-state index >= 15 is 0 Å². The van der Waals surface area contributed by atoms with Gasteiger partial charge in [0.2, 0.25) is 0 Å². The zero-order valence-corrected chi connectivity index (χ0v) is 15.4. The second-order valence-electron chi connectivity index (χ2n) is 7.64. The Morgan fingerprint density at radius 2 is 1.86 bits per heavy atom. The van der Waals surface area contributed by atoms with Gasteiger partial charge in [-0.15, -0.1) is 0 Å². The minimum atomic E-state index is -0.331. The van der Waals surface area contributed by atoms with Crippen molar-refractivity contribution in [2.24, 2.45) is 0 Å². The Bertz CT molecular complexity index is 1030. The quantitative estimate of drug-likeness (QED) is 0.710. The van der Waals surface area contributed by atoms with Crippen molar-refractivity contribution in [3.05, 3.63) is 65.7 Å². The summed E-state index contributed by atoms with van der Waals surface area (Å²) in [4.78, 5) is 23.0. The van der Waals surface area contributed by atoms with Crippen molar-refractivity contribution in [2.75, 3.05) is 4.90 Å². The van der Waals surface area contributed by atoms with Crippen LogP contribution in [0.15, 0.2) is 48.8 Å². The lowest BCUT2D eigenvalue weighted by molar-refractivity contribution is 0.0951. The average molecular weight is 376 g/mol. The molecule has 1 N–H and O–H groups in total. The third-order valence-corrected chi connectivity index (χ3v) is 5.34. The molecule has 3 aromatic rings. The van der Waals surface area contributed by atoms with E-state index in [-0.39, 0.29) is 11.7 Å². The van der Waals surface area contributed by atoms with Crippen LogP contribution in [0, 0.1) is 5.82 Å². The van der Waals surface area contributed by atoms with Gasteiger partial charge in [0, 0.05) is 29.6 Å². The van der Waals surface area contributed by atoms with E-state index in [4.69, 9.17) is 0 Å². The maximum absolute atomic E-state index is 14.1. The molecular weight excluding hydrogens is 355 g/mol. The number of rotatable bonds is 6. The van der Waals surface area contributed by atoms with Gasteiger partial charge in [-0.05, 0) is 55.5 Å². The van der Waals surface area contributed by atoms with E-state index in [0.29, 0.717) is 29.7 Å². The second-order valence-corrected chi connectivity index (χ2v) is 7.64. The van der Waals surface area contributed by atoms with Gasteiger partial charge < -0.3 is 10.2 Å². The molecule has 0 saturated heterocycles. The van der Waals surface area contributed by atoms with Crippen LogP contribution < -0.4 is 10.2 Å². The van der Waals surface area contributed by atoms with Crippen molar-refractivity contribution in [3.8, 4) is 0 Å². The van der Waals surface area contributed by atoms with Gasteiger partial charge in [-0.1, -0.05) is 18.2 Å². The Labute approximate surface area is 162 Å². The van der Waals surface area contributed by atoms with E-state index in [9.17, 15) is 9.18 Å². The van der Waals surface area contributed by atoms with E-state index in [0.717, 1.165) is 42.5 Å². The summed E-state index contributed by atoms with van der Waals surface area (Å²) in [5.41, 5.74) is 2.13. The smallest absolute Gasteiger partial charge is 0.251 e. The molecule has 2 aliphatic carbocycles. The third kappa shape index (κ3) is 3.42. The molecule has 5 rings (SSSR count). The number of benzene rings is 2. The first-order valence-electron chi connectivity index (χ1n) is 9.75. The molecule has 2 saturated carbocycles. The minimum absolute atomic E-state index is 0.00892. The van der Waals surface area contributed by atoms with Crippen molar-refractivity contribution in [3.63, 3.8) is 0 Å². The molecule has 142 valence electrons. The molecule has 0 aliphatic heterocycles. The normalized spacial score (nSPS) is 16.2. The second kappa shape index (κ2) is 6.86. The van der Waals surface area contributed by atoms with Gasteiger partial charge >= 0.3 is 0 Å². The molecule has 28 heavy (non-hydrogen) atoms. The van der Waals surface area contributed by atoms with E-state index in [1.54, 1.807) is 6.07 Å². The molecule has 0 atom stereocenters. The molecule has 0 spiro atoms. The maximum Gasteiger partial charge on any atom is 0.251 e. The van der Waals surface area contributed by atoms with Crippen LogP contribution in [-0.2, 0) is 6.54 Å². The summed E-state index contributed by atoms with van der Waals surface area (Å²) in [7, 11) is 0. The summed E-state index contributed by atoms with van der Waals surface area (Å²) >= 11 is 0. The van der Waals surface area contributed by atoms with Gasteiger partial charge in [-0.2, -0.15) is 0 Å². The van der Waals surface area contributed by atoms with Crippen molar-refractivity contribution in [1.29, 1.82) is 0 Å². The summed E-state index contributed by atoms with van der Waals surface area (Å²) < 4.78 is 14.1. The number of carbonyl (C=O) groups excluding carboxylic acids is 1. The van der Waals surface area contributed by atoms with Crippen LogP contribution in [0.25, 0.3) is 10.9 Å². The number of halogens is 1. The Balaban J connectivity index is 1.41. The predicted octanol–water partition coefficient (Wildman–Crippen LogP) is 3.83. The zero-order valence-electron chi connectivity index (χ0n) is 15.4. The van der Waals surface area contributed by atoms with E-state index in [2.05, 4.69) is 20.2 Å². The van der Waals surface area contributed by atoms with Crippen LogP contribution in [0.3, 0.4) is 0 Å². The lowest BCUT2D eigenvalue weighted by atomic mass is 10.1.